The van der Waals surface area contributed by atoms with Gasteiger partial charge in [-0.05, 0) is 19.1 Å². The van der Waals surface area contributed by atoms with Gasteiger partial charge in [-0.2, -0.15) is 10.2 Å². The van der Waals surface area contributed by atoms with Crippen LogP contribution in [0.25, 0.3) is 0 Å². The fourth-order valence-corrected chi connectivity index (χ4v) is 2.56. The van der Waals surface area contributed by atoms with Crippen LogP contribution in [0, 0.1) is 0 Å². The number of hydrogen-bond donors (Lipinski definition) is 0. The second-order valence-corrected chi connectivity index (χ2v) is 5.41. The minimum atomic E-state index is -0.326. The lowest BCUT2D eigenvalue weighted by Gasteiger charge is -2.33. The highest BCUT2D eigenvalue weighted by molar-refractivity contribution is 5.92. The van der Waals surface area contributed by atoms with E-state index in [0.717, 1.165) is 0 Å². The van der Waals surface area contributed by atoms with Crippen molar-refractivity contribution < 1.29 is 14.3 Å². The molecular formula is C15H20N6O3. The van der Waals surface area contributed by atoms with E-state index in [1.54, 1.807) is 44.5 Å². The number of rotatable bonds is 4. The Morgan fingerprint density at radius 1 is 1.12 bits per heavy atom. The second-order valence-electron chi connectivity index (χ2n) is 5.41. The highest BCUT2D eigenvalue weighted by Gasteiger charge is 2.26. The van der Waals surface area contributed by atoms with Gasteiger partial charge in [0.05, 0.1) is 6.61 Å². The van der Waals surface area contributed by atoms with Crippen LogP contribution >= 0.6 is 0 Å². The second kappa shape index (κ2) is 7.16. The van der Waals surface area contributed by atoms with Crippen molar-refractivity contribution in [3.05, 3.63) is 36.4 Å². The topological polar surface area (TPSA) is 85.5 Å². The number of nitrogens with zero attached hydrogens (tertiary/aromatic N) is 6. The van der Waals surface area contributed by atoms with Gasteiger partial charge in [0.15, 0.2) is 0 Å². The highest BCUT2D eigenvalue weighted by Crippen LogP contribution is 2.08. The number of ether oxygens (including phenoxy) is 1. The van der Waals surface area contributed by atoms with Crippen molar-refractivity contribution >= 4 is 12.0 Å². The Hall–Kier alpha value is -2.84. The van der Waals surface area contributed by atoms with Crippen LogP contribution in [0.3, 0.4) is 0 Å². The molecule has 1 aliphatic rings. The third-order valence-electron chi connectivity index (χ3n) is 3.80. The van der Waals surface area contributed by atoms with Crippen molar-refractivity contribution in [3.63, 3.8) is 0 Å². The maximum absolute atomic E-state index is 12.5. The zero-order valence-electron chi connectivity index (χ0n) is 13.5. The molecule has 1 saturated heterocycles. The average molecular weight is 332 g/mol. The predicted octanol–water partition coefficient (Wildman–Crippen LogP) is 0.500. The molecule has 128 valence electrons. The van der Waals surface area contributed by atoms with E-state index < -0.39 is 0 Å². The number of carbonyl (C=O) groups is 2. The van der Waals surface area contributed by atoms with Gasteiger partial charge in [0.2, 0.25) is 0 Å². The molecule has 2 amide bonds. The third-order valence-corrected chi connectivity index (χ3v) is 3.80. The summed E-state index contributed by atoms with van der Waals surface area (Å²) in [6, 6.07) is 3.53. The van der Waals surface area contributed by atoms with E-state index in [1.807, 2.05) is 12.3 Å². The zero-order valence-corrected chi connectivity index (χ0v) is 13.5. The molecule has 1 fully saturated rings. The summed E-state index contributed by atoms with van der Waals surface area (Å²) < 4.78 is 8.36. The molecule has 3 rings (SSSR count). The molecule has 0 saturated carbocycles. The van der Waals surface area contributed by atoms with Gasteiger partial charge in [-0.3, -0.25) is 14.2 Å². The van der Waals surface area contributed by atoms with E-state index in [2.05, 4.69) is 10.2 Å². The van der Waals surface area contributed by atoms with Gasteiger partial charge in [0.1, 0.15) is 12.4 Å². The molecule has 2 aromatic heterocycles. The Labute approximate surface area is 139 Å². The van der Waals surface area contributed by atoms with Crippen LogP contribution in [-0.2, 0) is 11.4 Å². The molecule has 0 radical (unpaired) electrons. The molecule has 0 aliphatic carbocycles. The maximum Gasteiger partial charge on any atom is 0.409 e. The lowest BCUT2D eigenvalue weighted by molar-refractivity contribution is 0.0565. The van der Waals surface area contributed by atoms with Crippen LogP contribution in [0.2, 0.25) is 0 Å². The quantitative estimate of drug-likeness (QED) is 0.814. The van der Waals surface area contributed by atoms with E-state index in [-0.39, 0.29) is 12.0 Å². The maximum atomic E-state index is 12.5. The fraction of sp³-hybridized carbons (Fsp3) is 0.467. The molecule has 24 heavy (non-hydrogen) atoms. The molecule has 2 aromatic rings. The summed E-state index contributed by atoms with van der Waals surface area (Å²) in [6.07, 6.45) is 4.95. The minimum Gasteiger partial charge on any atom is -0.450 e. The number of carbonyl (C=O) groups excluding carboxylic acids is 2. The Bertz CT molecular complexity index is 688. The monoisotopic (exact) mass is 332 g/mol. The van der Waals surface area contributed by atoms with Crippen molar-refractivity contribution in [2.75, 3.05) is 32.8 Å². The van der Waals surface area contributed by atoms with Crippen LogP contribution in [0.15, 0.2) is 30.7 Å². The summed E-state index contributed by atoms with van der Waals surface area (Å²) in [4.78, 5) is 27.5. The van der Waals surface area contributed by atoms with Crippen molar-refractivity contribution in [2.24, 2.45) is 0 Å². The lowest BCUT2D eigenvalue weighted by Crippen LogP contribution is -2.50. The van der Waals surface area contributed by atoms with E-state index in [9.17, 15) is 9.59 Å². The van der Waals surface area contributed by atoms with Crippen LogP contribution in [0.5, 0.6) is 0 Å². The largest absolute Gasteiger partial charge is 0.450 e. The summed E-state index contributed by atoms with van der Waals surface area (Å²) in [6.45, 7) is 4.48. The van der Waals surface area contributed by atoms with Crippen molar-refractivity contribution in [1.29, 1.82) is 0 Å². The van der Waals surface area contributed by atoms with Gasteiger partial charge >= 0.3 is 6.09 Å². The number of piperazine rings is 1. The standard InChI is InChI=1S/C15H20N6O3/c1-2-24-15(23)19-10-8-18(9-11-19)14(22)13-4-7-21(17-13)12-20-6-3-5-16-20/h3-7H,2,8-12H2,1H3. The first kappa shape index (κ1) is 16.0. The van der Waals surface area contributed by atoms with E-state index in [0.29, 0.717) is 45.1 Å². The first-order chi connectivity index (χ1) is 11.7. The van der Waals surface area contributed by atoms with Crippen molar-refractivity contribution in [3.8, 4) is 0 Å². The summed E-state index contributed by atoms with van der Waals surface area (Å²) >= 11 is 0. The summed E-state index contributed by atoms with van der Waals surface area (Å²) in [5, 5.41) is 8.41. The van der Waals surface area contributed by atoms with E-state index >= 15 is 0 Å². The Morgan fingerprint density at radius 2 is 1.88 bits per heavy atom. The first-order valence-electron chi connectivity index (χ1n) is 7.89. The molecule has 0 N–H and O–H groups in total. The summed E-state index contributed by atoms with van der Waals surface area (Å²) in [5.74, 6) is -0.127. The zero-order chi connectivity index (χ0) is 16.9. The first-order valence-corrected chi connectivity index (χ1v) is 7.89. The number of amides is 2. The van der Waals surface area contributed by atoms with E-state index in [4.69, 9.17) is 4.74 Å². The normalized spacial score (nSPS) is 14.7. The van der Waals surface area contributed by atoms with Gasteiger partial charge < -0.3 is 14.5 Å². The number of hydrogen-bond acceptors (Lipinski definition) is 5. The Balaban J connectivity index is 1.56. The molecule has 0 spiro atoms. The van der Waals surface area contributed by atoms with Gasteiger partial charge in [0, 0.05) is 44.8 Å². The fourth-order valence-electron chi connectivity index (χ4n) is 2.56. The van der Waals surface area contributed by atoms with Crippen LogP contribution in [0.1, 0.15) is 17.4 Å². The summed E-state index contributed by atoms with van der Waals surface area (Å²) in [7, 11) is 0. The third kappa shape index (κ3) is 3.55. The molecule has 0 bridgehead atoms. The molecule has 9 nitrogen and oxygen atoms in total. The number of aromatic nitrogens is 4. The van der Waals surface area contributed by atoms with Gasteiger partial charge in [-0.1, -0.05) is 0 Å². The van der Waals surface area contributed by atoms with Gasteiger partial charge in [-0.25, -0.2) is 4.79 Å². The molecule has 3 heterocycles. The lowest BCUT2D eigenvalue weighted by atomic mass is 10.3. The van der Waals surface area contributed by atoms with Crippen LogP contribution in [-0.4, -0.2) is 74.1 Å². The smallest absolute Gasteiger partial charge is 0.409 e. The molecule has 0 atom stereocenters. The van der Waals surface area contributed by atoms with Gasteiger partial charge in [-0.15, -0.1) is 0 Å². The molecular weight excluding hydrogens is 312 g/mol. The van der Waals surface area contributed by atoms with Crippen molar-refractivity contribution in [2.45, 2.75) is 13.6 Å². The average Bonchev–Trinajstić information content (AvgIpc) is 3.27. The van der Waals surface area contributed by atoms with Crippen molar-refractivity contribution in [1.82, 2.24) is 29.4 Å². The minimum absolute atomic E-state index is 0.127. The molecule has 1 aliphatic heterocycles. The molecule has 9 heteroatoms. The molecule has 0 aromatic carbocycles. The van der Waals surface area contributed by atoms with E-state index in [1.165, 1.54) is 0 Å². The summed E-state index contributed by atoms with van der Waals surface area (Å²) in [5.41, 5.74) is 0.395. The Kier molecular flexibility index (Phi) is 4.78. The van der Waals surface area contributed by atoms with Crippen LogP contribution in [0.4, 0.5) is 4.79 Å². The molecule has 0 unspecified atom stereocenters. The highest BCUT2D eigenvalue weighted by atomic mass is 16.6. The predicted molar refractivity (Wildman–Crippen MR) is 84.4 cm³/mol. The van der Waals surface area contributed by atoms with Crippen LogP contribution < -0.4 is 0 Å². The van der Waals surface area contributed by atoms with Gasteiger partial charge in [0.25, 0.3) is 5.91 Å². The Morgan fingerprint density at radius 3 is 2.54 bits per heavy atom. The SMILES string of the molecule is CCOC(=O)N1CCN(C(=O)c2ccn(Cn3cccn3)n2)CC1.